The van der Waals surface area contributed by atoms with Gasteiger partial charge in [0, 0.05) is 12.2 Å². The summed E-state index contributed by atoms with van der Waals surface area (Å²) < 4.78 is 0. The van der Waals surface area contributed by atoms with Crippen molar-refractivity contribution in [2.45, 2.75) is 24.9 Å². The van der Waals surface area contributed by atoms with Crippen LogP contribution in [0.2, 0.25) is 0 Å². The standard InChI is InChI=1S/C10H17N3O6S.6H2O/c11-5(10(18)19)1-2-7(14)13-6(4-20)9(17)12-3-8(15)16;;;;;;/h5-6,20H,1-4,11H2,(H,12,17)(H,13,14)(H,15,16)(H,18,19);6*1H2. The summed E-state index contributed by atoms with van der Waals surface area (Å²) in [6.07, 6.45) is -0.235. The third-order valence-corrected chi connectivity index (χ3v) is 2.61. The topological polar surface area (TPSA) is 348 Å². The fourth-order valence-corrected chi connectivity index (χ4v) is 1.41. The smallest absolute Gasteiger partial charge is 0.322 e. The molecule has 0 aromatic carbocycles. The van der Waals surface area contributed by atoms with E-state index in [-0.39, 0.29) is 51.5 Å². The maximum absolute atomic E-state index is 11.5. The number of rotatable bonds is 9. The van der Waals surface area contributed by atoms with Crippen LogP contribution in [0.4, 0.5) is 0 Å². The van der Waals surface area contributed by atoms with Gasteiger partial charge in [0.15, 0.2) is 0 Å². The first-order valence-corrected chi connectivity index (χ1v) is 6.29. The van der Waals surface area contributed by atoms with Crippen molar-refractivity contribution >= 4 is 36.4 Å². The van der Waals surface area contributed by atoms with E-state index >= 15 is 0 Å². The molecule has 2 atom stereocenters. The third kappa shape index (κ3) is 20.0. The lowest BCUT2D eigenvalue weighted by Gasteiger charge is -2.16. The molecule has 0 spiro atoms. The third-order valence-electron chi connectivity index (χ3n) is 2.25. The Morgan fingerprint density at radius 2 is 1.42 bits per heavy atom. The maximum Gasteiger partial charge on any atom is 0.322 e. The molecule has 18 N–H and O–H groups in total. The zero-order chi connectivity index (χ0) is 15.7. The highest BCUT2D eigenvalue weighted by Crippen LogP contribution is 1.97. The number of hydrogen-bond donors (Lipinski definition) is 6. The minimum absolute atomic E-state index is 0. The molecule has 0 fully saturated rings. The molecule has 2 amide bonds. The molecule has 0 radical (unpaired) electrons. The Morgan fingerprint density at radius 3 is 1.77 bits per heavy atom. The van der Waals surface area contributed by atoms with Crippen molar-refractivity contribution in [3.63, 3.8) is 0 Å². The van der Waals surface area contributed by atoms with E-state index < -0.39 is 42.4 Å². The molecule has 0 heterocycles. The summed E-state index contributed by atoms with van der Waals surface area (Å²) >= 11 is 3.87. The van der Waals surface area contributed by atoms with Crippen LogP contribution in [0.1, 0.15) is 12.8 Å². The summed E-state index contributed by atoms with van der Waals surface area (Å²) in [7, 11) is 0. The van der Waals surface area contributed by atoms with E-state index in [0.717, 1.165) is 0 Å². The second-order valence-corrected chi connectivity index (χ2v) is 4.26. The number of nitrogens with one attached hydrogen (secondary N) is 2. The number of carbonyl (C=O) groups excluding carboxylic acids is 2. The Bertz CT molecular complexity index is 397. The van der Waals surface area contributed by atoms with E-state index in [9.17, 15) is 19.2 Å². The molecule has 0 rings (SSSR count). The molecular weight excluding hydrogens is 386 g/mol. The summed E-state index contributed by atoms with van der Waals surface area (Å²) in [5, 5.41) is 21.4. The highest BCUT2D eigenvalue weighted by atomic mass is 32.1. The van der Waals surface area contributed by atoms with Crippen molar-refractivity contribution in [2.75, 3.05) is 12.3 Å². The van der Waals surface area contributed by atoms with Gasteiger partial charge in [-0.15, -0.1) is 0 Å². The molecule has 0 aliphatic heterocycles. The van der Waals surface area contributed by atoms with Crippen LogP contribution in [0, 0.1) is 0 Å². The van der Waals surface area contributed by atoms with Crippen molar-refractivity contribution in [3.8, 4) is 0 Å². The van der Waals surface area contributed by atoms with E-state index in [1.807, 2.05) is 0 Å². The highest BCUT2D eigenvalue weighted by molar-refractivity contribution is 7.80. The lowest BCUT2D eigenvalue weighted by atomic mass is 10.1. The molecule has 0 saturated heterocycles. The van der Waals surface area contributed by atoms with Gasteiger partial charge >= 0.3 is 11.9 Å². The highest BCUT2D eigenvalue weighted by Gasteiger charge is 2.20. The normalized spacial score (nSPS) is 10.1. The Hall–Kier alpha value is -2.05. The van der Waals surface area contributed by atoms with Gasteiger partial charge in [0.1, 0.15) is 18.6 Å². The molecular formula is C10H29N3O12S. The van der Waals surface area contributed by atoms with Crippen LogP contribution in [0.3, 0.4) is 0 Å². The number of thiol groups is 1. The molecule has 0 bridgehead atoms. The predicted molar refractivity (Wildman–Crippen MR) is 93.0 cm³/mol. The quantitative estimate of drug-likeness (QED) is 0.197. The van der Waals surface area contributed by atoms with Gasteiger partial charge in [-0.25, -0.2) is 0 Å². The van der Waals surface area contributed by atoms with E-state index in [1.165, 1.54) is 0 Å². The van der Waals surface area contributed by atoms with Gasteiger partial charge in [-0.05, 0) is 6.42 Å². The molecule has 0 aromatic heterocycles. The lowest BCUT2D eigenvalue weighted by molar-refractivity contribution is -0.139. The SMILES string of the molecule is NC(CCC(=O)NC(CS)C(=O)NCC(=O)O)C(=O)O.O.O.O.O.O.O. The van der Waals surface area contributed by atoms with E-state index in [1.54, 1.807) is 0 Å². The number of carboxylic acid groups (broad SMARTS) is 2. The molecule has 0 aliphatic rings. The van der Waals surface area contributed by atoms with Crippen molar-refractivity contribution in [1.29, 1.82) is 0 Å². The average molecular weight is 415 g/mol. The van der Waals surface area contributed by atoms with Crippen molar-refractivity contribution in [2.24, 2.45) is 5.73 Å². The molecule has 0 saturated carbocycles. The molecule has 15 nitrogen and oxygen atoms in total. The van der Waals surface area contributed by atoms with Crippen LogP contribution in [0.15, 0.2) is 0 Å². The summed E-state index contributed by atoms with van der Waals surface area (Å²) in [6.45, 7) is -0.567. The molecule has 0 aliphatic carbocycles. The summed E-state index contributed by atoms with van der Waals surface area (Å²) in [5.41, 5.74) is 5.23. The van der Waals surface area contributed by atoms with Crippen LogP contribution >= 0.6 is 12.6 Å². The summed E-state index contributed by atoms with van der Waals surface area (Å²) in [5.74, 6) is -3.70. The lowest BCUT2D eigenvalue weighted by Crippen LogP contribution is -2.49. The van der Waals surface area contributed by atoms with Crippen LogP contribution in [0.5, 0.6) is 0 Å². The Kier molecular flexibility index (Phi) is 38.8. The van der Waals surface area contributed by atoms with E-state index in [4.69, 9.17) is 15.9 Å². The number of hydrogen-bond acceptors (Lipinski definition) is 6. The maximum atomic E-state index is 11.5. The van der Waals surface area contributed by atoms with Gasteiger partial charge in [-0.1, -0.05) is 0 Å². The summed E-state index contributed by atoms with van der Waals surface area (Å²) in [6, 6.07) is -2.15. The number of nitrogens with two attached hydrogens (primary N) is 1. The van der Waals surface area contributed by atoms with Crippen LogP contribution in [-0.2, 0) is 19.2 Å². The molecule has 16 heteroatoms. The van der Waals surface area contributed by atoms with Gasteiger partial charge < -0.3 is 59.4 Å². The minimum Gasteiger partial charge on any atom is -0.480 e. The fourth-order valence-electron chi connectivity index (χ4n) is 1.16. The van der Waals surface area contributed by atoms with Crippen molar-refractivity contribution < 1.29 is 62.2 Å². The molecule has 26 heavy (non-hydrogen) atoms. The second-order valence-electron chi connectivity index (χ2n) is 3.90. The Labute approximate surface area is 153 Å². The van der Waals surface area contributed by atoms with Gasteiger partial charge in [0.25, 0.3) is 0 Å². The van der Waals surface area contributed by atoms with Crippen molar-refractivity contribution in [3.05, 3.63) is 0 Å². The van der Waals surface area contributed by atoms with Gasteiger partial charge in [-0.3, -0.25) is 19.2 Å². The number of carboxylic acids is 2. The summed E-state index contributed by atoms with van der Waals surface area (Å²) in [4.78, 5) is 43.7. The average Bonchev–Trinajstić information content (AvgIpc) is 2.38. The zero-order valence-electron chi connectivity index (χ0n) is 13.5. The Morgan fingerprint density at radius 1 is 0.962 bits per heavy atom. The Balaban J connectivity index is -0.000000120. The van der Waals surface area contributed by atoms with Gasteiger partial charge in [0.05, 0.1) is 0 Å². The zero-order valence-corrected chi connectivity index (χ0v) is 14.4. The molecule has 162 valence electrons. The van der Waals surface area contributed by atoms with Crippen LogP contribution in [0.25, 0.3) is 0 Å². The molecule has 0 aromatic rings. The number of carbonyl (C=O) groups is 4. The largest absolute Gasteiger partial charge is 0.480 e. The first kappa shape index (κ1) is 43.9. The first-order valence-electron chi connectivity index (χ1n) is 5.66. The molecule has 2 unspecified atom stereocenters. The van der Waals surface area contributed by atoms with Crippen LogP contribution < -0.4 is 16.4 Å². The fraction of sp³-hybridized carbons (Fsp3) is 0.600. The van der Waals surface area contributed by atoms with Gasteiger partial charge in [-0.2, -0.15) is 12.6 Å². The monoisotopic (exact) mass is 415 g/mol. The van der Waals surface area contributed by atoms with E-state index in [2.05, 4.69) is 23.3 Å². The first-order chi connectivity index (χ1) is 9.27. The second kappa shape index (κ2) is 22.9. The van der Waals surface area contributed by atoms with Crippen LogP contribution in [-0.4, -0.2) is 91.2 Å². The number of amides is 2. The predicted octanol–water partition coefficient (Wildman–Crippen LogP) is -7.15. The van der Waals surface area contributed by atoms with Crippen molar-refractivity contribution in [1.82, 2.24) is 10.6 Å². The van der Waals surface area contributed by atoms with E-state index in [0.29, 0.717) is 0 Å². The number of aliphatic carboxylic acids is 2. The minimum atomic E-state index is -1.22. The van der Waals surface area contributed by atoms with Gasteiger partial charge in [0.2, 0.25) is 11.8 Å².